The molecule has 0 saturated heterocycles. The number of carbonyl (C=O) groups is 1. The zero-order chi connectivity index (χ0) is 15.2. The molecule has 1 aromatic carbocycles. The van der Waals surface area contributed by atoms with Crippen molar-refractivity contribution in [2.24, 2.45) is 0 Å². The molecule has 5 heteroatoms. The lowest BCUT2D eigenvalue weighted by Crippen LogP contribution is -2.49. The minimum absolute atomic E-state index is 0.132. The van der Waals surface area contributed by atoms with E-state index in [-0.39, 0.29) is 11.4 Å². The van der Waals surface area contributed by atoms with Crippen LogP contribution < -0.4 is 14.8 Å². The lowest BCUT2D eigenvalue weighted by atomic mass is 9.95. The van der Waals surface area contributed by atoms with Crippen LogP contribution in [0.4, 0.5) is 0 Å². The summed E-state index contributed by atoms with van der Waals surface area (Å²) in [5.74, 6) is 1.04. The number of ether oxygens (including phenoxy) is 2. The predicted molar refractivity (Wildman–Crippen MR) is 84.1 cm³/mol. The molecule has 1 N–H and O–H groups in total. The molecule has 112 valence electrons. The summed E-state index contributed by atoms with van der Waals surface area (Å²) in [5.41, 5.74) is 0.280. The Hall–Kier alpha value is -1.23. The monoisotopic (exact) mass is 343 g/mol. The van der Waals surface area contributed by atoms with Gasteiger partial charge < -0.3 is 14.8 Å². The van der Waals surface area contributed by atoms with Gasteiger partial charge in [0, 0.05) is 16.9 Å². The largest absolute Gasteiger partial charge is 0.497 e. The molecule has 1 aromatic rings. The van der Waals surface area contributed by atoms with Gasteiger partial charge in [0.15, 0.2) is 0 Å². The van der Waals surface area contributed by atoms with E-state index >= 15 is 0 Å². The molecular weight excluding hydrogens is 322 g/mol. The quantitative estimate of drug-likeness (QED) is 0.772. The van der Waals surface area contributed by atoms with Crippen molar-refractivity contribution in [3.63, 3.8) is 0 Å². The number of carbonyl (C=O) groups excluding carboxylic acids is 1. The van der Waals surface area contributed by atoms with Crippen molar-refractivity contribution in [3.05, 3.63) is 23.8 Å². The minimum Gasteiger partial charge on any atom is -0.497 e. The maximum atomic E-state index is 12.5. The van der Waals surface area contributed by atoms with Gasteiger partial charge in [0.1, 0.15) is 11.5 Å². The molecule has 0 fully saturated rings. The third-order valence-electron chi connectivity index (χ3n) is 3.64. The highest BCUT2D eigenvalue weighted by atomic mass is 79.9. The van der Waals surface area contributed by atoms with Gasteiger partial charge in [0.2, 0.25) is 0 Å². The Labute approximate surface area is 129 Å². The summed E-state index contributed by atoms with van der Waals surface area (Å²) in [6.07, 6.45) is 1.72. The number of hydrogen-bond donors (Lipinski definition) is 1. The first-order valence-corrected chi connectivity index (χ1v) is 7.78. The summed E-state index contributed by atoms with van der Waals surface area (Å²) >= 11 is 3.49. The zero-order valence-electron chi connectivity index (χ0n) is 12.5. The lowest BCUT2D eigenvalue weighted by molar-refractivity contribution is 0.0900. The maximum absolute atomic E-state index is 12.5. The summed E-state index contributed by atoms with van der Waals surface area (Å²) in [5, 5.41) is 3.82. The topological polar surface area (TPSA) is 47.6 Å². The van der Waals surface area contributed by atoms with E-state index in [1.807, 2.05) is 0 Å². The van der Waals surface area contributed by atoms with Crippen molar-refractivity contribution >= 4 is 21.8 Å². The van der Waals surface area contributed by atoms with Crippen molar-refractivity contribution in [2.45, 2.75) is 32.2 Å². The van der Waals surface area contributed by atoms with Crippen molar-refractivity contribution in [1.29, 1.82) is 0 Å². The van der Waals surface area contributed by atoms with E-state index in [2.05, 4.69) is 35.1 Å². The Balaban J connectivity index is 3.03. The van der Waals surface area contributed by atoms with Gasteiger partial charge in [-0.3, -0.25) is 4.79 Å². The van der Waals surface area contributed by atoms with Crippen LogP contribution in [0.5, 0.6) is 11.5 Å². The summed E-state index contributed by atoms with van der Waals surface area (Å²) in [7, 11) is 3.13. The molecule has 4 nitrogen and oxygen atoms in total. The van der Waals surface area contributed by atoms with Crippen LogP contribution >= 0.6 is 15.9 Å². The number of nitrogens with one attached hydrogen (secondary N) is 1. The van der Waals surface area contributed by atoms with Gasteiger partial charge in [0.05, 0.1) is 19.8 Å². The Morgan fingerprint density at radius 1 is 1.25 bits per heavy atom. The molecule has 0 spiro atoms. The smallest absolute Gasteiger partial charge is 0.255 e. The number of methoxy groups -OCH3 is 2. The molecular formula is C15H22BrNO3. The number of rotatable bonds is 7. The molecule has 20 heavy (non-hydrogen) atoms. The average molecular weight is 344 g/mol. The number of benzene rings is 1. The van der Waals surface area contributed by atoms with E-state index in [1.54, 1.807) is 32.4 Å². The zero-order valence-corrected chi connectivity index (χ0v) is 14.0. The van der Waals surface area contributed by atoms with E-state index < -0.39 is 0 Å². The van der Waals surface area contributed by atoms with E-state index in [4.69, 9.17) is 9.47 Å². The van der Waals surface area contributed by atoms with Crippen LogP contribution in [-0.2, 0) is 0 Å². The maximum Gasteiger partial charge on any atom is 0.255 e. The number of alkyl halides is 1. The molecule has 0 aliphatic carbocycles. The molecule has 0 atom stereocenters. The molecule has 0 heterocycles. The van der Waals surface area contributed by atoms with Crippen molar-refractivity contribution < 1.29 is 14.3 Å². The molecule has 0 aliphatic heterocycles. The van der Waals surface area contributed by atoms with Gasteiger partial charge in [-0.2, -0.15) is 0 Å². The van der Waals surface area contributed by atoms with Crippen molar-refractivity contribution in [3.8, 4) is 11.5 Å². The van der Waals surface area contributed by atoms with Crippen LogP contribution in [0, 0.1) is 0 Å². The lowest BCUT2D eigenvalue weighted by Gasteiger charge is -2.31. The van der Waals surface area contributed by atoms with E-state index in [9.17, 15) is 4.79 Å². The highest BCUT2D eigenvalue weighted by Gasteiger charge is 2.28. The highest BCUT2D eigenvalue weighted by Crippen LogP contribution is 2.26. The van der Waals surface area contributed by atoms with Gasteiger partial charge in [-0.05, 0) is 25.0 Å². The van der Waals surface area contributed by atoms with Crippen LogP contribution in [0.1, 0.15) is 37.0 Å². The Morgan fingerprint density at radius 2 is 1.90 bits per heavy atom. The fourth-order valence-corrected chi connectivity index (χ4v) is 2.88. The normalized spacial score (nSPS) is 11.1. The van der Waals surface area contributed by atoms with Gasteiger partial charge >= 0.3 is 0 Å². The SMILES string of the molecule is CCC(CC)(CBr)NC(=O)c1ccc(OC)cc1OC. The van der Waals surface area contributed by atoms with E-state index in [0.29, 0.717) is 17.1 Å². The van der Waals surface area contributed by atoms with Crippen LogP contribution in [-0.4, -0.2) is 31.0 Å². The van der Waals surface area contributed by atoms with Crippen LogP contribution in [0.15, 0.2) is 18.2 Å². The van der Waals surface area contributed by atoms with E-state index in [0.717, 1.165) is 18.2 Å². The first kappa shape index (κ1) is 16.8. The summed E-state index contributed by atoms with van der Waals surface area (Å²) in [6.45, 7) is 4.13. The van der Waals surface area contributed by atoms with E-state index in [1.165, 1.54) is 0 Å². The Morgan fingerprint density at radius 3 is 2.35 bits per heavy atom. The van der Waals surface area contributed by atoms with Crippen LogP contribution in [0.25, 0.3) is 0 Å². The van der Waals surface area contributed by atoms with Gasteiger partial charge in [0.25, 0.3) is 5.91 Å². The number of amides is 1. The highest BCUT2D eigenvalue weighted by molar-refractivity contribution is 9.09. The van der Waals surface area contributed by atoms with Gasteiger partial charge in [-0.25, -0.2) is 0 Å². The van der Waals surface area contributed by atoms with Crippen LogP contribution in [0.3, 0.4) is 0 Å². The molecule has 0 aliphatic rings. The first-order chi connectivity index (χ1) is 9.55. The van der Waals surface area contributed by atoms with Gasteiger partial charge in [-0.15, -0.1) is 0 Å². The second-order valence-electron chi connectivity index (χ2n) is 4.64. The Bertz CT molecular complexity index is 450. The van der Waals surface area contributed by atoms with Crippen molar-refractivity contribution in [1.82, 2.24) is 5.32 Å². The molecule has 1 rings (SSSR count). The molecule has 0 bridgehead atoms. The fraction of sp³-hybridized carbons (Fsp3) is 0.533. The second kappa shape index (κ2) is 7.53. The predicted octanol–water partition coefficient (Wildman–Crippen LogP) is 3.39. The summed E-state index contributed by atoms with van der Waals surface area (Å²) in [4.78, 5) is 12.5. The third kappa shape index (κ3) is 3.66. The summed E-state index contributed by atoms with van der Waals surface area (Å²) in [6, 6.07) is 5.19. The Kier molecular flexibility index (Phi) is 6.33. The molecule has 0 unspecified atom stereocenters. The fourth-order valence-electron chi connectivity index (χ4n) is 1.94. The minimum atomic E-state index is -0.234. The summed E-state index contributed by atoms with van der Waals surface area (Å²) < 4.78 is 10.4. The second-order valence-corrected chi connectivity index (χ2v) is 5.20. The number of hydrogen-bond acceptors (Lipinski definition) is 3. The first-order valence-electron chi connectivity index (χ1n) is 6.66. The molecule has 0 aromatic heterocycles. The molecule has 1 amide bonds. The van der Waals surface area contributed by atoms with Gasteiger partial charge in [-0.1, -0.05) is 29.8 Å². The average Bonchev–Trinajstić information content (AvgIpc) is 2.51. The van der Waals surface area contributed by atoms with Crippen molar-refractivity contribution in [2.75, 3.05) is 19.5 Å². The number of halogens is 1. The molecule has 0 saturated carbocycles. The van der Waals surface area contributed by atoms with Crippen LogP contribution in [0.2, 0.25) is 0 Å². The standard InChI is InChI=1S/C15H22BrNO3/c1-5-15(6-2,10-16)17-14(18)12-8-7-11(19-3)9-13(12)20-4/h7-9H,5-6,10H2,1-4H3,(H,17,18). The molecule has 0 radical (unpaired) electrons. The third-order valence-corrected chi connectivity index (χ3v) is 4.71.